The minimum atomic E-state index is 0.252. The highest BCUT2D eigenvalue weighted by Gasteiger charge is 2.22. The molecule has 2 rings (SSSR count). The van der Waals surface area contributed by atoms with E-state index in [1.165, 1.54) is 30.4 Å². The van der Waals surface area contributed by atoms with Crippen molar-refractivity contribution < 1.29 is 0 Å². The molecule has 20 heavy (non-hydrogen) atoms. The van der Waals surface area contributed by atoms with Crippen LogP contribution in [0.15, 0.2) is 24.3 Å². The third kappa shape index (κ3) is 4.34. The van der Waals surface area contributed by atoms with E-state index in [9.17, 15) is 0 Å². The van der Waals surface area contributed by atoms with Gasteiger partial charge in [0.15, 0.2) is 0 Å². The molecule has 1 heteroatoms. The van der Waals surface area contributed by atoms with E-state index < -0.39 is 0 Å². The zero-order chi connectivity index (χ0) is 14.8. The molecule has 112 valence electrons. The molecule has 1 aromatic carbocycles. The first-order valence-electron chi connectivity index (χ1n) is 8.20. The summed E-state index contributed by atoms with van der Waals surface area (Å²) in [5.41, 5.74) is 3.12. The van der Waals surface area contributed by atoms with Crippen LogP contribution in [0.5, 0.6) is 0 Å². The Kier molecular flexibility index (Phi) is 4.90. The third-order valence-corrected chi connectivity index (χ3v) is 4.58. The highest BCUT2D eigenvalue weighted by Crippen LogP contribution is 2.25. The van der Waals surface area contributed by atoms with Crippen molar-refractivity contribution in [3.8, 4) is 0 Å². The predicted molar refractivity (Wildman–Crippen MR) is 88.2 cm³/mol. The molecular weight excluding hydrogens is 242 g/mol. The fraction of sp³-hybridized carbons (Fsp3) is 0.684. The van der Waals surface area contributed by atoms with E-state index in [0.717, 1.165) is 18.4 Å². The van der Waals surface area contributed by atoms with Gasteiger partial charge in [0.05, 0.1) is 0 Å². The molecule has 0 bridgehead atoms. The van der Waals surface area contributed by atoms with Crippen LogP contribution >= 0.6 is 0 Å². The highest BCUT2D eigenvalue weighted by atomic mass is 14.9. The molecule has 1 N–H and O–H groups in total. The fourth-order valence-corrected chi connectivity index (χ4v) is 3.31. The summed E-state index contributed by atoms with van der Waals surface area (Å²) in [6.45, 7) is 11.5. The summed E-state index contributed by atoms with van der Waals surface area (Å²) in [5.74, 6) is 0.908. The van der Waals surface area contributed by atoms with Gasteiger partial charge in [0.25, 0.3) is 0 Å². The summed E-state index contributed by atoms with van der Waals surface area (Å²) in [6.07, 6.45) is 5.24. The maximum atomic E-state index is 3.80. The predicted octanol–water partition coefficient (Wildman–Crippen LogP) is 4.69. The molecule has 0 amide bonds. The Morgan fingerprint density at radius 3 is 2.30 bits per heavy atom. The Morgan fingerprint density at radius 2 is 1.80 bits per heavy atom. The smallest absolute Gasteiger partial charge is 0.00817 e. The molecule has 3 atom stereocenters. The van der Waals surface area contributed by atoms with Crippen LogP contribution in [0.4, 0.5) is 0 Å². The van der Waals surface area contributed by atoms with Crippen LogP contribution in [0.1, 0.15) is 65.0 Å². The normalized spacial score (nSPS) is 24.9. The largest absolute Gasteiger partial charge is 0.311 e. The standard InChI is InChI=1S/C19H31N/c1-14-6-11-18(12-14)20-15(2)13-16-7-9-17(10-8-16)19(3,4)5/h7-10,14-15,18,20H,6,11-13H2,1-5H3/t14-,15?,18-/m0/s1. The first-order chi connectivity index (χ1) is 9.34. The summed E-state index contributed by atoms with van der Waals surface area (Å²) in [5, 5.41) is 3.80. The lowest BCUT2D eigenvalue weighted by atomic mass is 9.86. The number of nitrogens with one attached hydrogen (secondary N) is 1. The van der Waals surface area contributed by atoms with Crippen molar-refractivity contribution >= 4 is 0 Å². The number of hydrogen-bond donors (Lipinski definition) is 1. The first kappa shape index (κ1) is 15.6. The summed E-state index contributed by atoms with van der Waals surface area (Å²) in [4.78, 5) is 0. The molecule has 0 saturated heterocycles. The molecule has 1 aromatic rings. The van der Waals surface area contributed by atoms with Gasteiger partial charge in [-0.15, -0.1) is 0 Å². The van der Waals surface area contributed by atoms with Gasteiger partial charge in [-0.3, -0.25) is 0 Å². The van der Waals surface area contributed by atoms with Crippen molar-refractivity contribution in [2.24, 2.45) is 5.92 Å². The van der Waals surface area contributed by atoms with Crippen LogP contribution < -0.4 is 5.32 Å². The van der Waals surface area contributed by atoms with Crippen molar-refractivity contribution in [2.75, 3.05) is 0 Å². The van der Waals surface area contributed by atoms with Gasteiger partial charge >= 0.3 is 0 Å². The highest BCUT2D eigenvalue weighted by molar-refractivity contribution is 5.27. The maximum absolute atomic E-state index is 3.80. The zero-order valence-electron chi connectivity index (χ0n) is 13.9. The average molecular weight is 273 g/mol. The zero-order valence-corrected chi connectivity index (χ0v) is 13.9. The summed E-state index contributed by atoms with van der Waals surface area (Å²) in [6, 6.07) is 10.5. The molecule has 1 unspecified atom stereocenters. The van der Waals surface area contributed by atoms with Gasteiger partial charge in [0.1, 0.15) is 0 Å². The molecule has 1 nitrogen and oxygen atoms in total. The molecule has 0 aromatic heterocycles. The molecule has 0 heterocycles. The van der Waals surface area contributed by atoms with E-state index in [1.54, 1.807) is 0 Å². The second-order valence-electron chi connectivity index (χ2n) is 7.83. The van der Waals surface area contributed by atoms with E-state index in [1.807, 2.05) is 0 Å². The van der Waals surface area contributed by atoms with Crippen molar-refractivity contribution in [3.63, 3.8) is 0 Å². The molecule has 1 saturated carbocycles. The number of hydrogen-bond acceptors (Lipinski definition) is 1. The Hall–Kier alpha value is -0.820. The molecule has 0 radical (unpaired) electrons. The van der Waals surface area contributed by atoms with Crippen molar-refractivity contribution in [2.45, 2.75) is 77.8 Å². The lowest BCUT2D eigenvalue weighted by molar-refractivity contribution is 0.438. The SMILES string of the molecule is CC(Cc1ccc(C(C)(C)C)cc1)N[C@H]1CC[C@H](C)C1. The summed E-state index contributed by atoms with van der Waals surface area (Å²) in [7, 11) is 0. The van der Waals surface area contributed by atoms with Crippen LogP contribution in [0.2, 0.25) is 0 Å². The van der Waals surface area contributed by atoms with Crippen LogP contribution in [0.25, 0.3) is 0 Å². The Bertz CT molecular complexity index is 412. The lowest BCUT2D eigenvalue weighted by Crippen LogP contribution is -2.36. The van der Waals surface area contributed by atoms with Crippen molar-refractivity contribution in [1.82, 2.24) is 5.32 Å². The van der Waals surface area contributed by atoms with Crippen LogP contribution in [0, 0.1) is 5.92 Å². The van der Waals surface area contributed by atoms with Crippen LogP contribution in [0.3, 0.4) is 0 Å². The summed E-state index contributed by atoms with van der Waals surface area (Å²) >= 11 is 0. The van der Waals surface area contributed by atoms with E-state index >= 15 is 0 Å². The second kappa shape index (κ2) is 6.30. The maximum Gasteiger partial charge on any atom is 0.00817 e. The summed E-state index contributed by atoms with van der Waals surface area (Å²) < 4.78 is 0. The van der Waals surface area contributed by atoms with Gasteiger partial charge in [-0.2, -0.15) is 0 Å². The van der Waals surface area contributed by atoms with E-state index in [-0.39, 0.29) is 5.41 Å². The van der Waals surface area contributed by atoms with E-state index in [2.05, 4.69) is 64.2 Å². The lowest BCUT2D eigenvalue weighted by Gasteiger charge is -2.21. The number of rotatable bonds is 4. The van der Waals surface area contributed by atoms with Gasteiger partial charge in [0, 0.05) is 12.1 Å². The van der Waals surface area contributed by atoms with Crippen molar-refractivity contribution in [3.05, 3.63) is 35.4 Å². The minimum Gasteiger partial charge on any atom is -0.311 e. The average Bonchev–Trinajstić information content (AvgIpc) is 2.74. The van der Waals surface area contributed by atoms with Gasteiger partial charge in [-0.25, -0.2) is 0 Å². The quantitative estimate of drug-likeness (QED) is 0.839. The molecule has 1 aliphatic rings. The molecule has 1 aliphatic carbocycles. The molecule has 0 aliphatic heterocycles. The third-order valence-electron chi connectivity index (χ3n) is 4.58. The van der Waals surface area contributed by atoms with Crippen LogP contribution in [-0.2, 0) is 11.8 Å². The van der Waals surface area contributed by atoms with Gasteiger partial charge in [-0.1, -0.05) is 52.0 Å². The van der Waals surface area contributed by atoms with Crippen LogP contribution in [-0.4, -0.2) is 12.1 Å². The topological polar surface area (TPSA) is 12.0 Å². The van der Waals surface area contributed by atoms with Gasteiger partial charge in [0.2, 0.25) is 0 Å². The first-order valence-corrected chi connectivity index (χ1v) is 8.20. The molecule has 0 spiro atoms. The monoisotopic (exact) mass is 273 g/mol. The van der Waals surface area contributed by atoms with E-state index in [4.69, 9.17) is 0 Å². The number of benzene rings is 1. The van der Waals surface area contributed by atoms with Gasteiger partial charge < -0.3 is 5.32 Å². The Balaban J connectivity index is 1.86. The Morgan fingerprint density at radius 1 is 1.15 bits per heavy atom. The van der Waals surface area contributed by atoms with Gasteiger partial charge in [-0.05, 0) is 55.1 Å². The van der Waals surface area contributed by atoms with E-state index in [0.29, 0.717) is 6.04 Å². The fourth-order valence-electron chi connectivity index (χ4n) is 3.31. The minimum absolute atomic E-state index is 0.252. The Labute approximate surface area is 125 Å². The molecule has 1 fully saturated rings. The molecular formula is C19H31N. The second-order valence-corrected chi connectivity index (χ2v) is 7.83. The van der Waals surface area contributed by atoms with Crippen molar-refractivity contribution in [1.29, 1.82) is 0 Å².